The van der Waals surface area contributed by atoms with Gasteiger partial charge in [0.2, 0.25) is 10.0 Å². The Kier molecular flexibility index (Phi) is 5.36. The standard InChI is InChI=1S/C13H9Cl3N2O4S/c14-10-3-1-8(5-12(10)16)7-23(21,22)17-9-2-4-11(15)13(6-9)18(19)20/h1-6,17H,7H2. The van der Waals surface area contributed by atoms with Crippen LogP contribution in [0.4, 0.5) is 11.4 Å². The minimum Gasteiger partial charge on any atom is -0.283 e. The van der Waals surface area contributed by atoms with Crippen LogP contribution in [0.2, 0.25) is 15.1 Å². The number of halogens is 3. The first-order valence-corrected chi connectivity index (χ1v) is 8.85. The van der Waals surface area contributed by atoms with E-state index < -0.39 is 14.9 Å². The molecule has 0 unspecified atom stereocenters. The van der Waals surface area contributed by atoms with Crippen LogP contribution in [0, 0.1) is 10.1 Å². The van der Waals surface area contributed by atoms with E-state index in [9.17, 15) is 18.5 Å². The van der Waals surface area contributed by atoms with Gasteiger partial charge in [0.25, 0.3) is 5.69 Å². The third-order valence-electron chi connectivity index (χ3n) is 2.76. The zero-order valence-electron chi connectivity index (χ0n) is 11.3. The number of sulfonamides is 1. The fourth-order valence-electron chi connectivity index (χ4n) is 1.78. The molecule has 0 aliphatic rings. The lowest BCUT2D eigenvalue weighted by molar-refractivity contribution is -0.384. The van der Waals surface area contributed by atoms with Crippen molar-refractivity contribution in [2.45, 2.75) is 5.75 Å². The zero-order chi connectivity index (χ0) is 17.2. The predicted octanol–water partition coefficient (Wildman–Crippen LogP) is 4.50. The fourth-order valence-corrected chi connectivity index (χ4v) is 3.46. The minimum absolute atomic E-state index is 0.0427. The summed E-state index contributed by atoms with van der Waals surface area (Å²) in [5.74, 6) is -0.361. The molecule has 0 radical (unpaired) electrons. The third kappa shape index (κ3) is 4.71. The maximum Gasteiger partial charge on any atom is 0.289 e. The van der Waals surface area contributed by atoms with Crippen LogP contribution in [-0.2, 0) is 15.8 Å². The Labute approximate surface area is 147 Å². The molecule has 0 heterocycles. The molecule has 6 nitrogen and oxygen atoms in total. The molecule has 2 rings (SSSR count). The highest BCUT2D eigenvalue weighted by Crippen LogP contribution is 2.28. The number of rotatable bonds is 5. The summed E-state index contributed by atoms with van der Waals surface area (Å²) in [7, 11) is -3.79. The summed E-state index contributed by atoms with van der Waals surface area (Å²) in [4.78, 5) is 10.1. The number of nitrogens with one attached hydrogen (secondary N) is 1. The number of nitrogens with zero attached hydrogens (tertiary/aromatic N) is 1. The summed E-state index contributed by atoms with van der Waals surface area (Å²) in [5.41, 5.74) is 0.0814. The van der Waals surface area contributed by atoms with Crippen LogP contribution >= 0.6 is 34.8 Å². The second-order valence-electron chi connectivity index (χ2n) is 4.53. The molecule has 1 N–H and O–H groups in total. The van der Waals surface area contributed by atoms with E-state index in [4.69, 9.17) is 34.8 Å². The van der Waals surface area contributed by atoms with Gasteiger partial charge in [-0.3, -0.25) is 14.8 Å². The fraction of sp³-hybridized carbons (Fsp3) is 0.0769. The smallest absolute Gasteiger partial charge is 0.283 e. The SMILES string of the molecule is O=[N+]([O-])c1cc(NS(=O)(=O)Cc2ccc(Cl)c(Cl)c2)ccc1Cl. The average Bonchev–Trinajstić information content (AvgIpc) is 2.44. The highest BCUT2D eigenvalue weighted by molar-refractivity contribution is 7.91. The second kappa shape index (κ2) is 6.92. The Morgan fingerprint density at radius 1 is 1.00 bits per heavy atom. The first-order valence-electron chi connectivity index (χ1n) is 6.06. The molecule has 0 aliphatic heterocycles. The second-order valence-corrected chi connectivity index (χ2v) is 7.48. The van der Waals surface area contributed by atoms with Crippen LogP contribution in [0.1, 0.15) is 5.56 Å². The summed E-state index contributed by atoms with van der Waals surface area (Å²) >= 11 is 17.3. The van der Waals surface area contributed by atoms with Crippen LogP contribution in [0.3, 0.4) is 0 Å². The van der Waals surface area contributed by atoms with Crippen molar-refractivity contribution in [1.82, 2.24) is 0 Å². The molecule has 0 fully saturated rings. The van der Waals surface area contributed by atoms with E-state index in [-0.39, 0.29) is 27.2 Å². The molecular formula is C13H9Cl3N2O4S. The van der Waals surface area contributed by atoms with Gasteiger partial charge in [0, 0.05) is 6.07 Å². The summed E-state index contributed by atoms with van der Waals surface area (Å²) in [5, 5.41) is 11.3. The van der Waals surface area contributed by atoms with Crippen molar-refractivity contribution < 1.29 is 13.3 Å². The number of hydrogen-bond donors (Lipinski definition) is 1. The van der Waals surface area contributed by atoms with Crippen molar-refractivity contribution in [2.24, 2.45) is 0 Å². The lowest BCUT2D eigenvalue weighted by Crippen LogP contribution is -2.15. The average molecular weight is 396 g/mol. The highest BCUT2D eigenvalue weighted by atomic mass is 35.5. The van der Waals surface area contributed by atoms with E-state index in [0.29, 0.717) is 10.6 Å². The summed E-state index contributed by atoms with van der Waals surface area (Å²) < 4.78 is 26.5. The molecule has 0 atom stereocenters. The maximum absolute atomic E-state index is 12.1. The molecule has 0 amide bonds. The molecule has 23 heavy (non-hydrogen) atoms. The molecule has 0 aliphatic carbocycles. The van der Waals surface area contributed by atoms with E-state index in [0.717, 1.165) is 6.07 Å². The van der Waals surface area contributed by atoms with Crippen molar-refractivity contribution in [3.05, 3.63) is 67.1 Å². The third-order valence-corrected chi connectivity index (χ3v) is 5.08. The number of benzene rings is 2. The van der Waals surface area contributed by atoms with Gasteiger partial charge in [-0.05, 0) is 29.8 Å². The van der Waals surface area contributed by atoms with Crippen molar-refractivity contribution in [3.8, 4) is 0 Å². The lowest BCUT2D eigenvalue weighted by Gasteiger charge is -2.09. The van der Waals surface area contributed by atoms with E-state index in [1.165, 1.54) is 30.3 Å². The number of nitro groups is 1. The number of anilines is 1. The zero-order valence-corrected chi connectivity index (χ0v) is 14.4. The van der Waals surface area contributed by atoms with Crippen LogP contribution < -0.4 is 4.72 Å². The Balaban J connectivity index is 2.22. The predicted molar refractivity (Wildman–Crippen MR) is 90.8 cm³/mol. The molecule has 122 valence electrons. The van der Waals surface area contributed by atoms with E-state index in [2.05, 4.69) is 4.72 Å². The van der Waals surface area contributed by atoms with Gasteiger partial charge in [0.15, 0.2) is 0 Å². The molecule has 0 saturated carbocycles. The Bertz CT molecular complexity index is 872. The quantitative estimate of drug-likeness (QED) is 0.596. The topological polar surface area (TPSA) is 89.3 Å². The first-order chi connectivity index (χ1) is 10.7. The van der Waals surface area contributed by atoms with Crippen molar-refractivity contribution in [3.63, 3.8) is 0 Å². The molecular weight excluding hydrogens is 387 g/mol. The first kappa shape index (κ1) is 17.8. The molecule has 0 aromatic heterocycles. The van der Waals surface area contributed by atoms with Gasteiger partial charge >= 0.3 is 0 Å². The highest BCUT2D eigenvalue weighted by Gasteiger charge is 2.17. The van der Waals surface area contributed by atoms with Gasteiger partial charge < -0.3 is 0 Å². The Hall–Kier alpha value is -1.54. The van der Waals surface area contributed by atoms with Gasteiger partial charge in [0.1, 0.15) is 5.02 Å². The Morgan fingerprint density at radius 3 is 2.26 bits per heavy atom. The van der Waals surface area contributed by atoms with Gasteiger partial charge in [-0.15, -0.1) is 0 Å². The van der Waals surface area contributed by atoms with Crippen LogP contribution in [0.25, 0.3) is 0 Å². The van der Waals surface area contributed by atoms with Crippen LogP contribution in [0.15, 0.2) is 36.4 Å². The molecule has 10 heteroatoms. The van der Waals surface area contributed by atoms with Gasteiger partial charge in [-0.1, -0.05) is 40.9 Å². The molecule has 0 spiro atoms. The molecule has 2 aromatic rings. The summed E-state index contributed by atoms with van der Waals surface area (Å²) in [6.07, 6.45) is 0. The van der Waals surface area contributed by atoms with Crippen LogP contribution in [-0.4, -0.2) is 13.3 Å². The Morgan fingerprint density at radius 2 is 1.65 bits per heavy atom. The summed E-state index contributed by atoms with van der Waals surface area (Å²) in [6.45, 7) is 0. The summed E-state index contributed by atoms with van der Waals surface area (Å²) in [6, 6.07) is 8.08. The minimum atomic E-state index is -3.79. The number of hydrogen-bond acceptors (Lipinski definition) is 4. The largest absolute Gasteiger partial charge is 0.289 e. The van der Waals surface area contributed by atoms with Crippen molar-refractivity contribution in [1.29, 1.82) is 0 Å². The van der Waals surface area contributed by atoms with Crippen molar-refractivity contribution >= 4 is 56.2 Å². The van der Waals surface area contributed by atoms with E-state index in [1.54, 1.807) is 0 Å². The monoisotopic (exact) mass is 394 g/mol. The van der Waals surface area contributed by atoms with Crippen molar-refractivity contribution in [2.75, 3.05) is 4.72 Å². The molecule has 2 aromatic carbocycles. The van der Waals surface area contributed by atoms with Crippen LogP contribution in [0.5, 0.6) is 0 Å². The van der Waals surface area contributed by atoms with E-state index in [1.807, 2.05) is 0 Å². The van der Waals surface area contributed by atoms with Gasteiger partial charge in [-0.2, -0.15) is 0 Å². The normalized spacial score (nSPS) is 11.3. The van der Waals surface area contributed by atoms with E-state index >= 15 is 0 Å². The molecule has 0 saturated heterocycles. The van der Waals surface area contributed by atoms with Gasteiger partial charge in [0.05, 0.1) is 26.4 Å². The maximum atomic E-state index is 12.1. The van der Waals surface area contributed by atoms with Gasteiger partial charge in [-0.25, -0.2) is 8.42 Å². The number of nitro benzene ring substituents is 1. The lowest BCUT2D eigenvalue weighted by atomic mass is 10.2. The molecule has 0 bridgehead atoms.